The third kappa shape index (κ3) is 7.68. The molecule has 2 bridgehead atoms. The smallest absolute Gasteiger partial charge is 0.187 e. The molecule has 0 spiro atoms. The molecule has 0 aromatic rings. The quantitative estimate of drug-likeness (QED) is 0.152. The van der Waals surface area contributed by atoms with Gasteiger partial charge in [-0.2, -0.15) is 0 Å². The lowest BCUT2D eigenvalue weighted by molar-refractivity contribution is -0.374. The van der Waals surface area contributed by atoms with E-state index in [1.165, 1.54) is 5.57 Å². The van der Waals surface area contributed by atoms with Crippen molar-refractivity contribution in [2.45, 2.75) is 160 Å². The molecule has 1 saturated carbocycles. The third-order valence-corrected chi connectivity index (χ3v) is 13.7. The Morgan fingerprint density at radius 2 is 1.45 bits per heavy atom. The monoisotopic (exact) mass is 752 g/mol. The maximum atomic E-state index is 11.2. The van der Waals surface area contributed by atoms with E-state index in [0.29, 0.717) is 24.2 Å². The molecule has 302 valence electrons. The van der Waals surface area contributed by atoms with Crippen molar-refractivity contribution in [1.29, 1.82) is 0 Å². The number of aliphatic hydroxyl groups excluding tert-OH is 8. The predicted octanol–water partition coefficient (Wildman–Crippen LogP) is 2.03. The van der Waals surface area contributed by atoms with Gasteiger partial charge in [0.05, 0.1) is 25.4 Å². The highest BCUT2D eigenvalue weighted by molar-refractivity contribution is 5.42. The Kier molecular flexibility index (Phi) is 12.6. The molecule has 0 aromatic heterocycles. The zero-order valence-corrected chi connectivity index (χ0v) is 32.0. The van der Waals surface area contributed by atoms with Crippen LogP contribution in [0.2, 0.25) is 0 Å². The molecule has 0 amide bonds. The predicted molar refractivity (Wildman–Crippen MR) is 191 cm³/mol. The molecule has 3 fully saturated rings. The highest BCUT2D eigenvalue weighted by Gasteiger charge is 2.56. The number of fused-ring (bicyclic) bond motifs is 6. The molecule has 53 heavy (non-hydrogen) atoms. The van der Waals surface area contributed by atoms with E-state index < -0.39 is 80.7 Å². The second kappa shape index (κ2) is 16.2. The third-order valence-electron chi connectivity index (χ3n) is 13.7. The molecule has 6 aliphatic rings. The minimum absolute atomic E-state index is 0.0389. The lowest BCUT2D eigenvalue weighted by Crippen LogP contribution is -2.65. The van der Waals surface area contributed by atoms with E-state index in [9.17, 15) is 40.9 Å². The molecule has 2 saturated heterocycles. The van der Waals surface area contributed by atoms with Crippen LogP contribution < -0.4 is 0 Å². The van der Waals surface area contributed by atoms with Crippen molar-refractivity contribution < 1.29 is 64.5 Å². The average molecular weight is 753 g/mol. The molecular weight excluding hydrogens is 688 g/mol. The summed E-state index contributed by atoms with van der Waals surface area (Å²) in [6.45, 7) is 12.0. The Labute approximate surface area is 313 Å². The van der Waals surface area contributed by atoms with Crippen molar-refractivity contribution in [3.63, 3.8) is 0 Å². The average Bonchev–Trinajstić information content (AvgIpc) is 3.28. The SMILES string of the molecule is CC(C)CC(O)CC(C)C1CC=C2C3=CCC4C(C)C(OC5OC(CO)C(O)C(O)C5OC5OC(CO)C(O)C(O)C5O)CCC4(C)C(=CCC21C)O3. The summed E-state index contributed by atoms with van der Waals surface area (Å²) in [5, 5.41) is 83.7. The van der Waals surface area contributed by atoms with Crippen molar-refractivity contribution in [3.8, 4) is 0 Å². The Balaban J connectivity index is 1.20. The van der Waals surface area contributed by atoms with Crippen LogP contribution in [0.1, 0.15) is 86.5 Å². The summed E-state index contributed by atoms with van der Waals surface area (Å²) in [5.74, 6) is 3.13. The summed E-state index contributed by atoms with van der Waals surface area (Å²) in [6, 6.07) is 0. The standard InChI is InChI=1S/C40H64O13/c1-19(2)15-22(43)16-20(3)23-7-8-25-27-10-9-24-21(4)26(11-13-40(24,6)30(49-27)12-14-39(23,25)5)50-38-36(34(47)32(45)29(18-42)52-38)53-37-35(48)33(46)31(44)28(17-41)51-37/h8,10,12,19-24,26,28-29,31-38,41-48H,7,9,11,13-18H2,1-6H3. The van der Waals surface area contributed by atoms with Crippen LogP contribution in [0.25, 0.3) is 0 Å². The van der Waals surface area contributed by atoms with Crippen molar-refractivity contribution in [2.75, 3.05) is 13.2 Å². The van der Waals surface area contributed by atoms with Gasteiger partial charge in [-0.3, -0.25) is 0 Å². The van der Waals surface area contributed by atoms with Crippen LogP contribution in [0.15, 0.2) is 35.3 Å². The lowest BCUT2D eigenvalue weighted by Gasteiger charge is -2.50. The number of hydrogen-bond acceptors (Lipinski definition) is 13. The van der Waals surface area contributed by atoms with Crippen LogP contribution in [-0.2, 0) is 23.7 Å². The fraction of sp³-hybridized carbons (Fsp3) is 0.850. The fourth-order valence-corrected chi connectivity index (χ4v) is 10.5. The molecule has 13 heteroatoms. The van der Waals surface area contributed by atoms with E-state index in [1.807, 2.05) is 0 Å². The van der Waals surface area contributed by atoms with Crippen LogP contribution in [0.3, 0.4) is 0 Å². The van der Waals surface area contributed by atoms with E-state index in [2.05, 4.69) is 59.8 Å². The van der Waals surface area contributed by atoms with E-state index >= 15 is 0 Å². The summed E-state index contributed by atoms with van der Waals surface area (Å²) >= 11 is 0. The first-order valence-electron chi connectivity index (χ1n) is 19.8. The topological polar surface area (TPSA) is 208 Å². The van der Waals surface area contributed by atoms with Gasteiger partial charge in [-0.05, 0) is 92.3 Å². The Morgan fingerprint density at radius 1 is 0.792 bits per heavy atom. The molecule has 2 aliphatic carbocycles. The Bertz CT molecular complexity index is 1370. The normalized spacial score (nSPS) is 46.9. The minimum Gasteiger partial charge on any atom is -0.462 e. The molecule has 4 heterocycles. The van der Waals surface area contributed by atoms with Crippen molar-refractivity contribution in [2.24, 2.45) is 40.4 Å². The van der Waals surface area contributed by atoms with Crippen LogP contribution >= 0.6 is 0 Å². The number of rotatable bonds is 11. The number of allylic oxidation sites excluding steroid dienone is 5. The van der Waals surface area contributed by atoms with Gasteiger partial charge in [0.1, 0.15) is 60.4 Å². The van der Waals surface area contributed by atoms with Crippen molar-refractivity contribution >= 4 is 0 Å². The van der Waals surface area contributed by atoms with E-state index in [0.717, 1.165) is 50.0 Å². The molecular formula is C40H64O13. The van der Waals surface area contributed by atoms with Crippen molar-refractivity contribution in [1.82, 2.24) is 0 Å². The van der Waals surface area contributed by atoms with Gasteiger partial charge in [0.2, 0.25) is 0 Å². The number of aliphatic hydroxyl groups is 8. The molecule has 18 unspecified atom stereocenters. The molecule has 6 rings (SSSR count). The Morgan fingerprint density at radius 3 is 2.11 bits per heavy atom. The van der Waals surface area contributed by atoms with Crippen molar-refractivity contribution in [3.05, 3.63) is 35.3 Å². The molecule has 4 aliphatic heterocycles. The molecule has 18 atom stereocenters. The first-order chi connectivity index (χ1) is 25.0. The number of hydrogen-bond donors (Lipinski definition) is 8. The van der Waals surface area contributed by atoms with E-state index in [4.69, 9.17) is 23.7 Å². The lowest BCUT2D eigenvalue weighted by atomic mass is 9.59. The van der Waals surface area contributed by atoms with Gasteiger partial charge < -0.3 is 64.5 Å². The summed E-state index contributed by atoms with van der Waals surface area (Å²) in [6.07, 6.45) is -3.41. The first-order valence-corrected chi connectivity index (χ1v) is 19.8. The highest BCUT2D eigenvalue weighted by Crippen LogP contribution is 2.60. The second-order valence-corrected chi connectivity index (χ2v) is 17.7. The van der Waals surface area contributed by atoms with Crippen LogP contribution in [0.5, 0.6) is 0 Å². The summed E-state index contributed by atoms with van der Waals surface area (Å²) in [5.41, 5.74) is 0.834. The van der Waals surface area contributed by atoms with Gasteiger partial charge >= 0.3 is 0 Å². The van der Waals surface area contributed by atoms with Gasteiger partial charge in [0, 0.05) is 10.8 Å². The van der Waals surface area contributed by atoms with Gasteiger partial charge in [-0.1, -0.05) is 47.6 Å². The maximum absolute atomic E-state index is 11.2. The van der Waals surface area contributed by atoms with Gasteiger partial charge in [0.25, 0.3) is 0 Å². The molecule has 0 radical (unpaired) electrons. The van der Waals surface area contributed by atoms with Crippen LogP contribution in [0, 0.1) is 40.4 Å². The van der Waals surface area contributed by atoms with E-state index in [1.54, 1.807) is 0 Å². The van der Waals surface area contributed by atoms with Gasteiger partial charge in [-0.15, -0.1) is 0 Å². The largest absolute Gasteiger partial charge is 0.462 e. The fourth-order valence-electron chi connectivity index (χ4n) is 10.5. The Hall–Kier alpha value is -1.46. The molecule has 13 nitrogen and oxygen atoms in total. The maximum Gasteiger partial charge on any atom is 0.187 e. The molecule has 0 aromatic carbocycles. The summed E-state index contributed by atoms with van der Waals surface area (Å²) in [7, 11) is 0. The summed E-state index contributed by atoms with van der Waals surface area (Å²) < 4.78 is 30.9. The highest BCUT2D eigenvalue weighted by atomic mass is 16.8. The van der Waals surface area contributed by atoms with Crippen LogP contribution in [0.4, 0.5) is 0 Å². The van der Waals surface area contributed by atoms with Gasteiger partial charge in [0.15, 0.2) is 12.6 Å². The van der Waals surface area contributed by atoms with Gasteiger partial charge in [-0.25, -0.2) is 0 Å². The zero-order valence-electron chi connectivity index (χ0n) is 32.0. The molecule has 8 N–H and O–H groups in total. The minimum atomic E-state index is -1.75. The summed E-state index contributed by atoms with van der Waals surface area (Å²) in [4.78, 5) is 0. The first kappa shape index (κ1) is 41.2. The van der Waals surface area contributed by atoms with Crippen LogP contribution in [-0.4, -0.2) is 128 Å². The van der Waals surface area contributed by atoms with E-state index in [-0.39, 0.29) is 28.8 Å². The zero-order chi connectivity index (χ0) is 38.6. The second-order valence-electron chi connectivity index (χ2n) is 17.7. The number of ether oxygens (including phenoxy) is 5.